The second-order valence-electron chi connectivity index (χ2n) is 6.00. The maximum Gasteiger partial charge on any atom is 0.220 e. The number of amides is 1. The molecule has 0 aliphatic rings. The molecule has 0 bridgehead atoms. The van der Waals surface area contributed by atoms with Crippen LogP contribution in [0.4, 0.5) is 0 Å². The number of nitrogens with zero attached hydrogens (tertiary/aromatic N) is 1. The van der Waals surface area contributed by atoms with E-state index in [9.17, 15) is 9.59 Å². The molecule has 0 radical (unpaired) electrons. The van der Waals surface area contributed by atoms with Crippen LogP contribution in [0.3, 0.4) is 0 Å². The number of rotatable bonds is 7. The molecule has 0 spiro atoms. The number of hydrogen-bond donors (Lipinski definition) is 1. The van der Waals surface area contributed by atoms with Crippen LogP contribution in [0.15, 0.2) is 48.5 Å². The van der Waals surface area contributed by atoms with Crippen molar-refractivity contribution in [2.45, 2.75) is 39.2 Å². The van der Waals surface area contributed by atoms with Gasteiger partial charge in [-0.05, 0) is 36.6 Å². The lowest BCUT2D eigenvalue weighted by molar-refractivity contribution is -0.121. The fourth-order valence-corrected chi connectivity index (χ4v) is 2.54. The molecular formula is C21H22N2O2. The third-order valence-corrected chi connectivity index (χ3v) is 4.18. The topological polar surface area (TPSA) is 70.0 Å². The summed E-state index contributed by atoms with van der Waals surface area (Å²) in [4.78, 5) is 24.2. The van der Waals surface area contributed by atoms with Gasteiger partial charge < -0.3 is 5.32 Å². The van der Waals surface area contributed by atoms with E-state index in [1.54, 1.807) is 12.1 Å². The Bertz CT molecular complexity index is 771. The van der Waals surface area contributed by atoms with E-state index in [2.05, 4.69) is 18.3 Å². The predicted molar refractivity (Wildman–Crippen MR) is 97.1 cm³/mol. The van der Waals surface area contributed by atoms with Crippen LogP contribution < -0.4 is 5.32 Å². The van der Waals surface area contributed by atoms with Crippen molar-refractivity contribution in [2.24, 2.45) is 0 Å². The number of nitriles is 1. The average Bonchev–Trinajstić information content (AvgIpc) is 2.66. The Balaban J connectivity index is 1.84. The summed E-state index contributed by atoms with van der Waals surface area (Å²) in [6.07, 6.45) is 1.29. The van der Waals surface area contributed by atoms with E-state index in [0.717, 1.165) is 12.0 Å². The smallest absolute Gasteiger partial charge is 0.220 e. The molecule has 1 N–H and O–H groups in total. The Morgan fingerprint density at radius 1 is 1.04 bits per heavy atom. The van der Waals surface area contributed by atoms with Crippen molar-refractivity contribution in [3.8, 4) is 6.07 Å². The minimum Gasteiger partial charge on any atom is -0.350 e. The fourth-order valence-electron chi connectivity index (χ4n) is 2.54. The van der Waals surface area contributed by atoms with E-state index in [0.29, 0.717) is 11.1 Å². The van der Waals surface area contributed by atoms with Crippen molar-refractivity contribution in [1.82, 2.24) is 5.32 Å². The number of nitrogens with one attached hydrogen (secondary N) is 1. The molecule has 4 heteroatoms. The maximum atomic E-state index is 12.2. The first-order valence-corrected chi connectivity index (χ1v) is 8.45. The van der Waals surface area contributed by atoms with E-state index in [-0.39, 0.29) is 30.6 Å². The van der Waals surface area contributed by atoms with Crippen molar-refractivity contribution in [3.05, 3.63) is 70.8 Å². The lowest BCUT2D eigenvalue weighted by Crippen LogP contribution is -2.26. The van der Waals surface area contributed by atoms with Crippen LogP contribution in [0.25, 0.3) is 0 Å². The van der Waals surface area contributed by atoms with Gasteiger partial charge in [0.05, 0.1) is 17.7 Å². The van der Waals surface area contributed by atoms with Gasteiger partial charge in [0, 0.05) is 18.4 Å². The van der Waals surface area contributed by atoms with Gasteiger partial charge in [0.2, 0.25) is 5.91 Å². The lowest BCUT2D eigenvalue weighted by Gasteiger charge is -2.14. The molecule has 2 aromatic carbocycles. The second kappa shape index (κ2) is 8.79. The van der Waals surface area contributed by atoms with Gasteiger partial charge in [0.1, 0.15) is 0 Å². The van der Waals surface area contributed by atoms with Gasteiger partial charge in [-0.2, -0.15) is 5.26 Å². The van der Waals surface area contributed by atoms with Crippen molar-refractivity contribution in [1.29, 1.82) is 5.26 Å². The summed E-state index contributed by atoms with van der Waals surface area (Å²) in [5.74, 6) is -0.181. The van der Waals surface area contributed by atoms with Crippen molar-refractivity contribution in [2.75, 3.05) is 0 Å². The molecule has 0 fully saturated rings. The zero-order valence-electron chi connectivity index (χ0n) is 14.6. The number of ketones is 1. The highest BCUT2D eigenvalue weighted by Gasteiger charge is 2.12. The molecule has 2 aromatic rings. The van der Waals surface area contributed by atoms with Crippen LogP contribution in [-0.2, 0) is 11.2 Å². The number of Topliss-reactive ketones (excluding diaryl/α,β-unsaturated/α-hetero) is 1. The molecule has 1 amide bonds. The molecule has 1 unspecified atom stereocenters. The molecule has 0 aliphatic carbocycles. The number of carbonyl (C=O) groups is 2. The van der Waals surface area contributed by atoms with Crippen LogP contribution in [0.5, 0.6) is 0 Å². The Morgan fingerprint density at radius 2 is 1.68 bits per heavy atom. The van der Waals surface area contributed by atoms with E-state index >= 15 is 0 Å². The Labute approximate surface area is 148 Å². The summed E-state index contributed by atoms with van der Waals surface area (Å²) in [6.45, 7) is 3.95. The van der Waals surface area contributed by atoms with Gasteiger partial charge in [-0.15, -0.1) is 0 Å². The van der Waals surface area contributed by atoms with Crippen LogP contribution in [0.1, 0.15) is 59.8 Å². The Hall–Kier alpha value is -2.93. The first kappa shape index (κ1) is 18.4. The normalized spacial score (nSPS) is 11.4. The Morgan fingerprint density at radius 3 is 2.24 bits per heavy atom. The standard InChI is InChI=1S/C21H22N2O2/c1-3-16-4-10-19(11-5-16)20(24)12-13-21(25)23-15(2)18-8-6-17(14-22)7-9-18/h4-11,15H,3,12-13H2,1-2H3,(H,23,25). The van der Waals surface area contributed by atoms with Gasteiger partial charge in [-0.3, -0.25) is 9.59 Å². The minimum atomic E-state index is -0.167. The number of carbonyl (C=O) groups excluding carboxylic acids is 2. The van der Waals surface area contributed by atoms with E-state index < -0.39 is 0 Å². The molecule has 0 heterocycles. The summed E-state index contributed by atoms with van der Waals surface area (Å²) in [7, 11) is 0. The molecule has 0 saturated heterocycles. The summed E-state index contributed by atoms with van der Waals surface area (Å²) in [5.41, 5.74) is 3.34. The predicted octanol–water partition coefficient (Wildman–Crippen LogP) is 3.96. The molecule has 4 nitrogen and oxygen atoms in total. The highest BCUT2D eigenvalue weighted by molar-refractivity contribution is 5.98. The third kappa shape index (κ3) is 5.29. The number of hydrogen-bond acceptors (Lipinski definition) is 3. The van der Waals surface area contributed by atoms with Crippen molar-refractivity contribution in [3.63, 3.8) is 0 Å². The van der Waals surface area contributed by atoms with Crippen LogP contribution in [-0.4, -0.2) is 11.7 Å². The molecule has 128 valence electrons. The molecule has 2 rings (SSSR count). The largest absolute Gasteiger partial charge is 0.350 e. The van der Waals surface area contributed by atoms with E-state index in [1.165, 1.54) is 5.56 Å². The first-order chi connectivity index (χ1) is 12.0. The molecular weight excluding hydrogens is 312 g/mol. The van der Waals surface area contributed by atoms with E-state index in [1.807, 2.05) is 43.3 Å². The Kier molecular flexibility index (Phi) is 6.47. The maximum absolute atomic E-state index is 12.2. The second-order valence-corrected chi connectivity index (χ2v) is 6.00. The summed E-state index contributed by atoms with van der Waals surface area (Å²) < 4.78 is 0. The molecule has 0 saturated carbocycles. The molecule has 0 aliphatic heterocycles. The van der Waals surface area contributed by atoms with Crippen LogP contribution in [0.2, 0.25) is 0 Å². The SMILES string of the molecule is CCc1ccc(C(=O)CCC(=O)NC(C)c2ccc(C#N)cc2)cc1. The van der Waals surface area contributed by atoms with E-state index in [4.69, 9.17) is 5.26 Å². The fraction of sp³-hybridized carbons (Fsp3) is 0.286. The summed E-state index contributed by atoms with van der Waals surface area (Å²) in [6, 6.07) is 16.5. The summed E-state index contributed by atoms with van der Waals surface area (Å²) >= 11 is 0. The van der Waals surface area contributed by atoms with Gasteiger partial charge in [-0.1, -0.05) is 43.3 Å². The zero-order chi connectivity index (χ0) is 18.2. The minimum absolute atomic E-state index is 0.0242. The zero-order valence-corrected chi connectivity index (χ0v) is 14.6. The quantitative estimate of drug-likeness (QED) is 0.779. The van der Waals surface area contributed by atoms with Crippen LogP contribution >= 0.6 is 0 Å². The van der Waals surface area contributed by atoms with Gasteiger partial charge >= 0.3 is 0 Å². The highest BCUT2D eigenvalue weighted by Crippen LogP contribution is 2.14. The number of benzene rings is 2. The molecule has 25 heavy (non-hydrogen) atoms. The van der Waals surface area contributed by atoms with Crippen LogP contribution in [0, 0.1) is 11.3 Å². The first-order valence-electron chi connectivity index (χ1n) is 8.45. The third-order valence-electron chi connectivity index (χ3n) is 4.18. The highest BCUT2D eigenvalue weighted by atomic mass is 16.2. The van der Waals surface area contributed by atoms with Crippen molar-refractivity contribution >= 4 is 11.7 Å². The van der Waals surface area contributed by atoms with Crippen molar-refractivity contribution < 1.29 is 9.59 Å². The lowest BCUT2D eigenvalue weighted by atomic mass is 10.0. The monoisotopic (exact) mass is 334 g/mol. The molecule has 0 aromatic heterocycles. The van der Waals surface area contributed by atoms with Gasteiger partial charge in [0.25, 0.3) is 0 Å². The van der Waals surface area contributed by atoms with Gasteiger partial charge in [0.15, 0.2) is 5.78 Å². The average molecular weight is 334 g/mol. The number of aryl methyl sites for hydroxylation is 1. The molecule has 1 atom stereocenters. The van der Waals surface area contributed by atoms with Gasteiger partial charge in [-0.25, -0.2) is 0 Å². The summed E-state index contributed by atoms with van der Waals surface area (Å²) in [5, 5.41) is 11.7.